The van der Waals surface area contributed by atoms with Crippen molar-refractivity contribution in [2.45, 2.75) is 37.2 Å². The number of hydrogen-bond acceptors (Lipinski definition) is 4. The number of aliphatic hydroxyl groups is 1. The zero-order valence-corrected chi connectivity index (χ0v) is 12.9. The summed E-state index contributed by atoms with van der Waals surface area (Å²) in [6, 6.07) is 0. The van der Waals surface area contributed by atoms with Crippen LogP contribution in [-0.4, -0.2) is 54.5 Å². The lowest BCUT2D eigenvalue weighted by atomic mass is 9.83. The van der Waals surface area contributed by atoms with Gasteiger partial charge in [-0.25, -0.2) is 0 Å². The molecule has 0 bridgehead atoms. The third-order valence-electron chi connectivity index (χ3n) is 3.51. The average molecular weight is 273 g/mol. The van der Waals surface area contributed by atoms with Crippen molar-refractivity contribution in [1.82, 2.24) is 4.90 Å². The van der Waals surface area contributed by atoms with Crippen LogP contribution in [0.3, 0.4) is 0 Å². The molecule has 1 aliphatic rings. The molecule has 0 aromatic rings. The van der Waals surface area contributed by atoms with Gasteiger partial charge in [0, 0.05) is 12.5 Å². The maximum atomic E-state index is 10.6. The highest BCUT2D eigenvalue weighted by molar-refractivity contribution is 7.99. The van der Waals surface area contributed by atoms with Gasteiger partial charge in [0.25, 0.3) is 0 Å². The zero-order chi connectivity index (χ0) is 13.8. The number of rotatable bonds is 6. The second kappa shape index (κ2) is 6.94. The molecule has 0 radical (unpaired) electrons. The van der Waals surface area contributed by atoms with Crippen LogP contribution in [0.2, 0.25) is 0 Å². The Balaban J connectivity index is 2.58. The molecule has 0 heterocycles. The van der Waals surface area contributed by atoms with Crippen LogP contribution < -0.4 is 0 Å². The summed E-state index contributed by atoms with van der Waals surface area (Å²) in [6.07, 6.45) is 4.95. The van der Waals surface area contributed by atoms with E-state index in [-0.39, 0.29) is 12.0 Å². The molecule has 106 valence electrons. The summed E-state index contributed by atoms with van der Waals surface area (Å²) >= 11 is 1.58. The monoisotopic (exact) mass is 273 g/mol. The molecule has 1 aliphatic carbocycles. The van der Waals surface area contributed by atoms with Crippen LogP contribution >= 0.6 is 11.8 Å². The zero-order valence-electron chi connectivity index (χ0n) is 12.1. The van der Waals surface area contributed by atoms with E-state index >= 15 is 0 Å². The van der Waals surface area contributed by atoms with Crippen molar-refractivity contribution in [3.8, 4) is 0 Å². The smallest absolute Gasteiger partial charge is 0.114 e. The maximum absolute atomic E-state index is 10.6. The molecule has 0 saturated heterocycles. The van der Waals surface area contributed by atoms with E-state index in [1.54, 1.807) is 11.8 Å². The summed E-state index contributed by atoms with van der Waals surface area (Å²) in [4.78, 5) is 1.56. The summed E-state index contributed by atoms with van der Waals surface area (Å²) < 4.78 is 5.86. The Hall–Kier alpha value is -0.0300. The molecular formula is C14H27NO2S. The second-order valence-corrected chi connectivity index (χ2v) is 6.79. The molecule has 3 nitrogen and oxygen atoms in total. The molecule has 0 spiro atoms. The third kappa shape index (κ3) is 4.57. The molecule has 1 rings (SSSR count). The molecule has 0 amide bonds. The van der Waals surface area contributed by atoms with Crippen molar-refractivity contribution in [3.63, 3.8) is 0 Å². The Kier molecular flexibility index (Phi) is 6.18. The first-order chi connectivity index (χ1) is 8.37. The normalized spacial score (nSPS) is 32.8. The second-order valence-electron chi connectivity index (χ2n) is 5.67. The maximum Gasteiger partial charge on any atom is 0.114 e. The van der Waals surface area contributed by atoms with Gasteiger partial charge in [-0.1, -0.05) is 12.2 Å². The van der Waals surface area contributed by atoms with Crippen molar-refractivity contribution in [1.29, 1.82) is 0 Å². The fourth-order valence-electron chi connectivity index (χ4n) is 2.53. The minimum Gasteiger partial charge on any atom is -0.379 e. The predicted octanol–water partition coefficient (Wildman–Crippen LogP) is 2.36. The highest BCUT2D eigenvalue weighted by atomic mass is 32.2. The van der Waals surface area contributed by atoms with E-state index in [1.807, 2.05) is 13.2 Å². The van der Waals surface area contributed by atoms with Crippen molar-refractivity contribution < 1.29 is 9.84 Å². The number of thioether (sulfide) groups is 1. The molecule has 1 fully saturated rings. The minimum atomic E-state index is -0.590. The van der Waals surface area contributed by atoms with E-state index in [4.69, 9.17) is 4.74 Å². The van der Waals surface area contributed by atoms with Gasteiger partial charge in [-0.2, -0.15) is 0 Å². The summed E-state index contributed by atoms with van der Waals surface area (Å²) in [5.41, 5.74) is 1.06. The highest BCUT2D eigenvalue weighted by Crippen LogP contribution is 2.42. The van der Waals surface area contributed by atoms with Crippen LogP contribution in [0.4, 0.5) is 0 Å². The van der Waals surface area contributed by atoms with Gasteiger partial charge in [0.2, 0.25) is 0 Å². The summed E-state index contributed by atoms with van der Waals surface area (Å²) in [6.45, 7) is 7.39. The van der Waals surface area contributed by atoms with E-state index in [0.717, 1.165) is 31.4 Å². The number of hydrogen-bond donors (Lipinski definition) is 1. The van der Waals surface area contributed by atoms with E-state index in [2.05, 4.69) is 25.6 Å². The van der Waals surface area contributed by atoms with Crippen molar-refractivity contribution in [3.05, 3.63) is 12.2 Å². The van der Waals surface area contributed by atoms with Gasteiger partial charge in [0.1, 0.15) is 4.93 Å². The Morgan fingerprint density at radius 1 is 1.56 bits per heavy atom. The largest absolute Gasteiger partial charge is 0.379 e. The van der Waals surface area contributed by atoms with Gasteiger partial charge in [-0.05, 0) is 46.5 Å². The first kappa shape index (κ1) is 16.0. The number of ether oxygens (including phenoxy) is 1. The molecule has 1 N–H and O–H groups in total. The minimum absolute atomic E-state index is 0.263. The highest BCUT2D eigenvalue weighted by Gasteiger charge is 2.41. The molecule has 1 saturated carbocycles. The summed E-state index contributed by atoms with van der Waals surface area (Å²) in [5.74, 6) is 0.270. The quantitative estimate of drug-likeness (QED) is 0.595. The molecule has 0 aromatic heterocycles. The molecular weight excluding hydrogens is 246 g/mol. The van der Waals surface area contributed by atoms with Gasteiger partial charge < -0.3 is 14.7 Å². The van der Waals surface area contributed by atoms with Crippen LogP contribution in [0, 0.1) is 5.92 Å². The van der Waals surface area contributed by atoms with Crippen LogP contribution in [0.1, 0.15) is 26.2 Å². The van der Waals surface area contributed by atoms with E-state index in [0.29, 0.717) is 6.61 Å². The van der Waals surface area contributed by atoms with E-state index in [1.165, 1.54) is 0 Å². The van der Waals surface area contributed by atoms with E-state index in [9.17, 15) is 5.11 Å². The number of nitrogens with zero attached hydrogens (tertiary/aromatic N) is 1. The molecule has 4 heteroatoms. The fraction of sp³-hybridized carbons (Fsp3) is 0.857. The summed E-state index contributed by atoms with van der Waals surface area (Å²) in [7, 11) is 4.11. The van der Waals surface area contributed by atoms with Crippen LogP contribution in [0.15, 0.2) is 12.2 Å². The van der Waals surface area contributed by atoms with Crippen molar-refractivity contribution >= 4 is 11.8 Å². The van der Waals surface area contributed by atoms with E-state index < -0.39 is 4.93 Å². The lowest BCUT2D eigenvalue weighted by Gasteiger charge is -2.43. The first-order valence-electron chi connectivity index (χ1n) is 6.55. The van der Waals surface area contributed by atoms with Crippen LogP contribution in [0.25, 0.3) is 0 Å². The molecule has 3 atom stereocenters. The standard InChI is InChI=1S/C14H27NO2S/c1-11(2)10-17-13-6-7-14(16,18-5)12(8-13)9-15(3)4/h12-13,16H,1,6-10H2,2-5H3. The lowest BCUT2D eigenvalue weighted by Crippen LogP contribution is -2.46. The summed E-state index contributed by atoms with van der Waals surface area (Å²) in [5, 5.41) is 10.6. The predicted molar refractivity (Wildman–Crippen MR) is 78.9 cm³/mol. The van der Waals surface area contributed by atoms with Gasteiger partial charge in [0.15, 0.2) is 0 Å². The molecule has 3 unspecified atom stereocenters. The van der Waals surface area contributed by atoms with Crippen LogP contribution in [-0.2, 0) is 4.74 Å². The molecule has 18 heavy (non-hydrogen) atoms. The molecule has 0 aliphatic heterocycles. The van der Waals surface area contributed by atoms with Gasteiger partial charge in [-0.15, -0.1) is 11.8 Å². The first-order valence-corrected chi connectivity index (χ1v) is 7.78. The van der Waals surface area contributed by atoms with Crippen molar-refractivity contribution in [2.24, 2.45) is 5.92 Å². The average Bonchev–Trinajstić information content (AvgIpc) is 2.29. The SMILES string of the molecule is C=C(C)COC1CCC(O)(SC)C(CN(C)C)C1. The topological polar surface area (TPSA) is 32.7 Å². The van der Waals surface area contributed by atoms with Gasteiger partial charge >= 0.3 is 0 Å². The Labute approximate surface area is 116 Å². The lowest BCUT2D eigenvalue weighted by molar-refractivity contribution is -0.0485. The molecule has 0 aromatic carbocycles. The third-order valence-corrected chi connectivity index (χ3v) is 4.76. The Bertz CT molecular complexity index is 283. The van der Waals surface area contributed by atoms with Crippen molar-refractivity contribution in [2.75, 3.05) is 33.5 Å². The van der Waals surface area contributed by atoms with Gasteiger partial charge in [-0.3, -0.25) is 0 Å². The van der Waals surface area contributed by atoms with Gasteiger partial charge in [0.05, 0.1) is 12.7 Å². The Morgan fingerprint density at radius 3 is 2.72 bits per heavy atom. The Morgan fingerprint density at radius 2 is 2.22 bits per heavy atom. The van der Waals surface area contributed by atoms with Crippen LogP contribution in [0.5, 0.6) is 0 Å². The fourth-order valence-corrected chi connectivity index (χ4v) is 3.36.